The number of benzene rings is 1. The fourth-order valence-corrected chi connectivity index (χ4v) is 2.10. The van der Waals surface area contributed by atoms with Crippen molar-refractivity contribution in [1.29, 1.82) is 5.41 Å². The number of ether oxygens (including phenoxy) is 1. The molecule has 0 atom stereocenters. The van der Waals surface area contributed by atoms with Gasteiger partial charge in [-0.05, 0) is 29.8 Å². The number of alkyl halides is 2. The zero-order valence-electron chi connectivity index (χ0n) is 14.4. The van der Waals surface area contributed by atoms with Crippen molar-refractivity contribution in [2.24, 2.45) is 10.7 Å². The lowest BCUT2D eigenvalue weighted by molar-refractivity contribution is -0.0498. The van der Waals surface area contributed by atoms with Crippen LogP contribution in [-0.4, -0.2) is 37.7 Å². The molecule has 0 aliphatic carbocycles. The number of nitrogens with two attached hydrogens (primary N) is 1. The summed E-state index contributed by atoms with van der Waals surface area (Å²) in [5.74, 6) is 0.986. The second-order valence-corrected chi connectivity index (χ2v) is 5.45. The Labute approximate surface area is 150 Å². The molecule has 2 aromatic rings. The fraction of sp³-hybridized carbons (Fsp3) is 0.167. The van der Waals surface area contributed by atoms with Crippen LogP contribution in [0.25, 0.3) is 5.57 Å². The predicted octanol–water partition coefficient (Wildman–Crippen LogP) is 3.47. The van der Waals surface area contributed by atoms with Gasteiger partial charge in [0.15, 0.2) is 0 Å². The standard InChI is InChI=1S/C18H19F2N5O/c1-25(2)17-10-14(7-8-23-17)24-16(22)9-13(11-21)12-3-5-15(6-4-12)26-18(19)20/h3-11,18,21H,1-2H3,(H2,22,23,24)/b13-9+,21-11?. The largest absolute Gasteiger partial charge is 0.435 e. The van der Waals surface area contributed by atoms with Crippen molar-refractivity contribution in [3.8, 4) is 5.75 Å². The third kappa shape index (κ3) is 5.37. The van der Waals surface area contributed by atoms with Crippen LogP contribution in [0.4, 0.5) is 20.3 Å². The Hall–Kier alpha value is -3.29. The molecule has 26 heavy (non-hydrogen) atoms. The summed E-state index contributed by atoms with van der Waals surface area (Å²) in [4.78, 5) is 10.3. The molecule has 3 N–H and O–H groups in total. The summed E-state index contributed by atoms with van der Waals surface area (Å²) < 4.78 is 28.7. The molecule has 0 saturated carbocycles. The van der Waals surface area contributed by atoms with Crippen LogP contribution >= 0.6 is 0 Å². The molecule has 0 aliphatic rings. The number of amidine groups is 1. The Morgan fingerprint density at radius 2 is 1.96 bits per heavy atom. The van der Waals surface area contributed by atoms with Gasteiger partial charge in [-0.25, -0.2) is 9.98 Å². The van der Waals surface area contributed by atoms with Crippen molar-refractivity contribution in [3.05, 3.63) is 54.2 Å². The molecule has 0 unspecified atom stereocenters. The number of rotatable bonds is 7. The summed E-state index contributed by atoms with van der Waals surface area (Å²) in [7, 11) is 3.74. The molecule has 8 heteroatoms. The molecule has 0 aliphatic heterocycles. The first-order valence-electron chi connectivity index (χ1n) is 7.64. The minimum atomic E-state index is -2.88. The van der Waals surface area contributed by atoms with E-state index in [0.717, 1.165) is 12.0 Å². The number of aliphatic imine (C=N–C) groups is 1. The Bertz CT molecular complexity index is 817. The Morgan fingerprint density at radius 3 is 2.54 bits per heavy atom. The number of nitrogens with one attached hydrogen (secondary N) is 1. The van der Waals surface area contributed by atoms with Gasteiger partial charge in [0.2, 0.25) is 0 Å². The molecular formula is C18H19F2N5O. The van der Waals surface area contributed by atoms with Gasteiger partial charge in [0.05, 0.1) is 5.69 Å². The fourth-order valence-electron chi connectivity index (χ4n) is 2.10. The Kier molecular flexibility index (Phi) is 6.37. The normalized spacial score (nSPS) is 12.2. The summed E-state index contributed by atoms with van der Waals surface area (Å²) in [6.45, 7) is -2.88. The molecule has 1 heterocycles. The number of nitrogens with zero attached hydrogens (tertiary/aromatic N) is 3. The van der Waals surface area contributed by atoms with E-state index in [1.807, 2.05) is 19.0 Å². The van der Waals surface area contributed by atoms with E-state index in [1.54, 1.807) is 30.5 Å². The highest BCUT2D eigenvalue weighted by Gasteiger charge is 2.06. The SMILES string of the molecule is CN(C)c1cc(N=C(N)/C=C(\C=N)c2ccc(OC(F)F)cc2)ccn1. The van der Waals surface area contributed by atoms with Gasteiger partial charge in [-0.3, -0.25) is 0 Å². The molecule has 1 aromatic heterocycles. The monoisotopic (exact) mass is 359 g/mol. The van der Waals surface area contributed by atoms with Crippen LogP contribution in [0.3, 0.4) is 0 Å². The van der Waals surface area contributed by atoms with E-state index in [9.17, 15) is 8.78 Å². The average molecular weight is 359 g/mol. The van der Waals surface area contributed by atoms with Gasteiger partial charge in [-0.2, -0.15) is 8.78 Å². The van der Waals surface area contributed by atoms with Gasteiger partial charge >= 0.3 is 6.61 Å². The number of pyridine rings is 1. The summed E-state index contributed by atoms with van der Waals surface area (Å²) in [5.41, 5.74) is 7.69. The van der Waals surface area contributed by atoms with Crippen molar-refractivity contribution in [2.45, 2.75) is 6.61 Å². The quantitative estimate of drug-likeness (QED) is 0.585. The van der Waals surface area contributed by atoms with E-state index in [0.29, 0.717) is 16.8 Å². The third-order valence-electron chi connectivity index (χ3n) is 3.32. The Balaban J connectivity index is 2.24. The van der Waals surface area contributed by atoms with Crippen molar-refractivity contribution in [2.75, 3.05) is 19.0 Å². The molecule has 6 nitrogen and oxygen atoms in total. The summed E-state index contributed by atoms with van der Waals surface area (Å²) in [6.07, 6.45) is 4.28. The minimum Gasteiger partial charge on any atom is -0.435 e. The molecule has 0 radical (unpaired) electrons. The Morgan fingerprint density at radius 1 is 1.27 bits per heavy atom. The molecule has 0 saturated heterocycles. The molecule has 0 fully saturated rings. The lowest BCUT2D eigenvalue weighted by Gasteiger charge is -2.10. The highest BCUT2D eigenvalue weighted by molar-refractivity contribution is 6.16. The van der Waals surface area contributed by atoms with Crippen LogP contribution in [0.5, 0.6) is 5.75 Å². The van der Waals surface area contributed by atoms with E-state index < -0.39 is 6.61 Å². The molecule has 1 aromatic carbocycles. The van der Waals surface area contributed by atoms with E-state index >= 15 is 0 Å². The van der Waals surface area contributed by atoms with Crippen molar-refractivity contribution in [1.82, 2.24) is 4.98 Å². The van der Waals surface area contributed by atoms with Crippen LogP contribution in [0.2, 0.25) is 0 Å². The smallest absolute Gasteiger partial charge is 0.387 e. The number of allylic oxidation sites excluding steroid dienone is 1. The lowest BCUT2D eigenvalue weighted by atomic mass is 10.1. The number of hydrogen-bond donors (Lipinski definition) is 2. The van der Waals surface area contributed by atoms with Gasteiger partial charge in [-0.1, -0.05) is 12.1 Å². The molecule has 136 valence electrons. The lowest BCUT2D eigenvalue weighted by Crippen LogP contribution is -2.11. The number of hydrogen-bond acceptors (Lipinski definition) is 5. The van der Waals surface area contributed by atoms with Gasteiger partial charge in [-0.15, -0.1) is 0 Å². The van der Waals surface area contributed by atoms with Crippen LogP contribution in [0, 0.1) is 5.41 Å². The van der Waals surface area contributed by atoms with Crippen LogP contribution < -0.4 is 15.4 Å². The molecule has 0 amide bonds. The van der Waals surface area contributed by atoms with E-state index in [4.69, 9.17) is 11.1 Å². The number of aromatic nitrogens is 1. The average Bonchev–Trinajstić information content (AvgIpc) is 2.60. The summed E-state index contributed by atoms with van der Waals surface area (Å²) >= 11 is 0. The van der Waals surface area contributed by atoms with Gasteiger partial charge in [0.25, 0.3) is 0 Å². The first kappa shape index (κ1) is 19.0. The maximum Gasteiger partial charge on any atom is 0.387 e. The van der Waals surface area contributed by atoms with Crippen molar-refractivity contribution >= 4 is 29.1 Å². The van der Waals surface area contributed by atoms with Gasteiger partial charge in [0, 0.05) is 38.1 Å². The van der Waals surface area contributed by atoms with Crippen LogP contribution in [0.1, 0.15) is 5.56 Å². The van der Waals surface area contributed by atoms with E-state index in [2.05, 4.69) is 14.7 Å². The molecule has 2 rings (SSSR count). The summed E-state index contributed by atoms with van der Waals surface area (Å²) in [5, 5.41) is 7.56. The van der Waals surface area contributed by atoms with Crippen molar-refractivity contribution < 1.29 is 13.5 Å². The molecule has 0 bridgehead atoms. The maximum absolute atomic E-state index is 12.2. The number of halogens is 2. The highest BCUT2D eigenvalue weighted by Crippen LogP contribution is 2.20. The zero-order valence-corrected chi connectivity index (χ0v) is 14.4. The maximum atomic E-state index is 12.2. The third-order valence-corrected chi connectivity index (χ3v) is 3.32. The molecular weight excluding hydrogens is 340 g/mol. The van der Waals surface area contributed by atoms with E-state index in [1.165, 1.54) is 18.2 Å². The first-order valence-corrected chi connectivity index (χ1v) is 7.64. The zero-order chi connectivity index (χ0) is 19.1. The first-order chi connectivity index (χ1) is 12.4. The van der Waals surface area contributed by atoms with E-state index in [-0.39, 0.29) is 11.6 Å². The second kappa shape index (κ2) is 8.70. The van der Waals surface area contributed by atoms with Crippen molar-refractivity contribution in [3.63, 3.8) is 0 Å². The second-order valence-electron chi connectivity index (χ2n) is 5.45. The minimum absolute atomic E-state index is 0.0442. The van der Waals surface area contributed by atoms with Gasteiger partial charge < -0.3 is 20.8 Å². The van der Waals surface area contributed by atoms with Gasteiger partial charge in [0.1, 0.15) is 17.4 Å². The number of anilines is 1. The highest BCUT2D eigenvalue weighted by atomic mass is 19.3. The molecule has 0 spiro atoms. The van der Waals surface area contributed by atoms with Crippen LogP contribution in [0.15, 0.2) is 53.7 Å². The topological polar surface area (TPSA) is 87.6 Å². The predicted molar refractivity (Wildman–Crippen MR) is 99.7 cm³/mol. The van der Waals surface area contributed by atoms with Crippen LogP contribution in [-0.2, 0) is 0 Å². The summed E-state index contributed by atoms with van der Waals surface area (Å²) in [6, 6.07) is 9.43.